The van der Waals surface area contributed by atoms with Crippen molar-refractivity contribution in [2.75, 3.05) is 40.9 Å². The highest BCUT2D eigenvalue weighted by Gasteiger charge is 2.30. The van der Waals surface area contributed by atoms with Crippen LogP contribution in [0.25, 0.3) is 0 Å². The summed E-state index contributed by atoms with van der Waals surface area (Å²) in [5.74, 6) is -0.548. The normalized spacial score (nSPS) is 14.5. The Balaban J connectivity index is 5.24. The molecule has 3 unspecified atom stereocenters. The molecular weight excluding hydrogens is 928 g/mol. The lowest BCUT2D eigenvalue weighted by Gasteiger charge is -2.27. The van der Waals surface area contributed by atoms with E-state index in [-0.39, 0.29) is 31.5 Å². The topological polar surface area (TPSA) is 111 Å². The number of hydrogen-bond donors (Lipinski definition) is 2. The van der Waals surface area contributed by atoms with Gasteiger partial charge in [0.05, 0.1) is 33.8 Å². The number of rotatable bonds is 52. The van der Waals surface area contributed by atoms with E-state index in [1.54, 1.807) is 0 Å². The molecule has 0 bridgehead atoms. The molecule has 0 aliphatic rings. The molecule has 2 N–H and O–H groups in total. The van der Waals surface area contributed by atoms with Crippen molar-refractivity contribution in [1.82, 2.24) is 5.32 Å². The summed E-state index contributed by atoms with van der Waals surface area (Å²) in [4.78, 5) is 37.6. The number of nitrogens with zero attached hydrogens (tertiary/aromatic N) is 1. The quantitative estimate of drug-likeness (QED) is 0.0156. The van der Waals surface area contributed by atoms with Crippen LogP contribution in [0, 0.1) is 0 Å². The lowest BCUT2D eigenvalue weighted by molar-refractivity contribution is -0.870. The molecular formula is C63H112N2O7P+. The average Bonchev–Trinajstić information content (AvgIpc) is 3.35. The molecule has 10 heteroatoms. The third-order valence-electron chi connectivity index (χ3n) is 12.6. The van der Waals surface area contributed by atoms with Crippen molar-refractivity contribution in [2.45, 2.75) is 251 Å². The monoisotopic (exact) mass is 1040 g/mol. The Hall–Kier alpha value is -3.07. The Morgan fingerprint density at radius 1 is 0.507 bits per heavy atom. The molecule has 0 radical (unpaired) electrons. The van der Waals surface area contributed by atoms with Crippen molar-refractivity contribution < 1.29 is 37.3 Å². The number of hydrogen-bond acceptors (Lipinski definition) is 6. The number of carbonyl (C=O) groups excluding carboxylic acids is 2. The van der Waals surface area contributed by atoms with Gasteiger partial charge < -0.3 is 19.4 Å². The van der Waals surface area contributed by atoms with Crippen molar-refractivity contribution in [3.8, 4) is 0 Å². The van der Waals surface area contributed by atoms with E-state index in [2.05, 4.69) is 111 Å². The van der Waals surface area contributed by atoms with Crippen LogP contribution in [-0.2, 0) is 27.9 Å². The van der Waals surface area contributed by atoms with Gasteiger partial charge in [0.1, 0.15) is 19.3 Å². The predicted molar refractivity (Wildman–Crippen MR) is 314 cm³/mol. The van der Waals surface area contributed by atoms with Crippen molar-refractivity contribution in [3.05, 3.63) is 97.2 Å². The third-order valence-corrected chi connectivity index (χ3v) is 13.6. The van der Waals surface area contributed by atoms with Crippen molar-refractivity contribution in [3.63, 3.8) is 0 Å². The van der Waals surface area contributed by atoms with Gasteiger partial charge in [-0.2, -0.15) is 0 Å². The Bertz CT molecular complexity index is 1570. The smallest absolute Gasteiger partial charge is 0.456 e. The van der Waals surface area contributed by atoms with Gasteiger partial charge in [0, 0.05) is 12.8 Å². The van der Waals surface area contributed by atoms with Gasteiger partial charge in [-0.3, -0.25) is 18.6 Å². The molecule has 0 aliphatic heterocycles. The number of esters is 1. The first kappa shape index (κ1) is 69.9. The molecule has 0 fully saturated rings. The van der Waals surface area contributed by atoms with E-state index in [9.17, 15) is 19.0 Å². The van der Waals surface area contributed by atoms with Gasteiger partial charge >= 0.3 is 13.8 Å². The van der Waals surface area contributed by atoms with E-state index in [1.165, 1.54) is 89.9 Å². The number of allylic oxidation sites excluding steroid dienone is 15. The minimum Gasteiger partial charge on any atom is -0.456 e. The highest BCUT2D eigenvalue weighted by molar-refractivity contribution is 7.47. The Morgan fingerprint density at radius 3 is 1.45 bits per heavy atom. The van der Waals surface area contributed by atoms with Gasteiger partial charge in [0.2, 0.25) is 5.91 Å². The maximum Gasteiger partial charge on any atom is 0.472 e. The molecule has 0 heterocycles. The van der Waals surface area contributed by atoms with Crippen molar-refractivity contribution >= 4 is 19.7 Å². The van der Waals surface area contributed by atoms with Gasteiger partial charge in [-0.05, 0) is 96.0 Å². The first-order valence-electron chi connectivity index (χ1n) is 29.6. The van der Waals surface area contributed by atoms with E-state index >= 15 is 0 Å². The van der Waals surface area contributed by atoms with Crippen LogP contribution in [0.5, 0.6) is 0 Å². The molecule has 420 valence electrons. The Labute approximate surface area is 449 Å². The highest BCUT2D eigenvalue weighted by Crippen LogP contribution is 2.43. The fourth-order valence-corrected chi connectivity index (χ4v) is 8.72. The van der Waals surface area contributed by atoms with Crippen LogP contribution in [0.1, 0.15) is 239 Å². The summed E-state index contributed by atoms with van der Waals surface area (Å²) in [6.45, 7) is 6.81. The molecule has 0 spiro atoms. The second-order valence-electron chi connectivity index (χ2n) is 20.8. The Kier molecular flexibility index (Phi) is 50.2. The van der Waals surface area contributed by atoms with Crippen LogP contribution in [0.3, 0.4) is 0 Å². The number of ether oxygens (including phenoxy) is 1. The number of phosphoric ester groups is 1. The predicted octanol–water partition coefficient (Wildman–Crippen LogP) is 18.0. The molecule has 0 saturated heterocycles. The average molecular weight is 1040 g/mol. The maximum absolute atomic E-state index is 13.5. The second kappa shape index (κ2) is 52.4. The van der Waals surface area contributed by atoms with Crippen molar-refractivity contribution in [1.29, 1.82) is 0 Å². The molecule has 3 atom stereocenters. The second-order valence-corrected chi connectivity index (χ2v) is 22.3. The van der Waals surface area contributed by atoms with Gasteiger partial charge in [0.15, 0.2) is 0 Å². The van der Waals surface area contributed by atoms with E-state index < -0.39 is 20.0 Å². The molecule has 0 aromatic carbocycles. The highest BCUT2D eigenvalue weighted by atomic mass is 31.2. The summed E-state index contributed by atoms with van der Waals surface area (Å²) in [5, 5.41) is 3.04. The van der Waals surface area contributed by atoms with Gasteiger partial charge in [0.25, 0.3) is 0 Å². The third kappa shape index (κ3) is 53.6. The van der Waals surface area contributed by atoms with E-state index in [0.717, 1.165) is 109 Å². The number of phosphoric acid groups is 1. The fraction of sp³-hybridized carbons (Fsp3) is 0.714. The van der Waals surface area contributed by atoms with Crippen LogP contribution in [0.15, 0.2) is 97.2 Å². The number of likely N-dealkylation sites (N-methyl/N-ethyl adjacent to an activating group) is 1. The van der Waals surface area contributed by atoms with Crippen molar-refractivity contribution in [2.24, 2.45) is 0 Å². The zero-order valence-corrected chi connectivity index (χ0v) is 48.7. The van der Waals surface area contributed by atoms with E-state index in [1.807, 2.05) is 33.3 Å². The summed E-state index contributed by atoms with van der Waals surface area (Å²) in [6, 6.07) is -0.867. The number of quaternary nitrogens is 1. The number of amides is 1. The van der Waals surface area contributed by atoms with Crippen LogP contribution < -0.4 is 5.32 Å². The zero-order chi connectivity index (χ0) is 53.6. The van der Waals surface area contributed by atoms with Crippen LogP contribution in [0.4, 0.5) is 0 Å². The molecule has 0 aromatic heterocycles. The summed E-state index contributed by atoms with van der Waals surface area (Å²) < 4.78 is 30.6. The largest absolute Gasteiger partial charge is 0.472 e. The molecule has 73 heavy (non-hydrogen) atoms. The Morgan fingerprint density at radius 2 is 0.932 bits per heavy atom. The number of carbonyl (C=O) groups is 2. The molecule has 0 rings (SSSR count). The number of nitrogens with one attached hydrogen (secondary N) is 1. The standard InChI is InChI=1S/C63H111N2O7P/c1-7-10-13-16-19-22-25-27-28-29-30-31-32-33-34-35-36-38-40-43-46-49-52-55-62(66)64-60(59-71-73(68,69)70-58-57-65(4,5)6)61(54-51-48-45-42-39-24-21-18-15-12-9-3)72-63(67)56-53-50-47-44-41-37-26-23-20-17-14-11-8-2/h11,14,17,19-20,22-23,26-28,30-31,33-34,51,54,60-61H,7-10,12-13,15-16,18,21,24-25,29,32,35-50,52-53,55-59H2,1-6H3,(H-,64,66,68,69)/p+1/b14-11+,20-17+,22-19-,26-23-,28-27-,31-30-,34-33-,54-51-. The molecule has 9 nitrogen and oxygen atoms in total. The molecule has 0 saturated carbocycles. The summed E-state index contributed by atoms with van der Waals surface area (Å²) in [6.07, 6.45) is 69.8. The first-order chi connectivity index (χ1) is 35.4. The van der Waals surface area contributed by atoms with Gasteiger partial charge in [-0.15, -0.1) is 0 Å². The molecule has 0 aliphatic carbocycles. The summed E-state index contributed by atoms with van der Waals surface area (Å²) >= 11 is 0. The maximum atomic E-state index is 13.5. The molecule has 1 amide bonds. The van der Waals surface area contributed by atoms with E-state index in [0.29, 0.717) is 23.9 Å². The van der Waals surface area contributed by atoms with Crippen LogP contribution in [-0.4, -0.2) is 74.3 Å². The van der Waals surface area contributed by atoms with Crippen LogP contribution in [0.2, 0.25) is 0 Å². The van der Waals surface area contributed by atoms with Gasteiger partial charge in [-0.1, -0.05) is 227 Å². The summed E-state index contributed by atoms with van der Waals surface area (Å²) in [5.41, 5.74) is 0. The lowest BCUT2D eigenvalue weighted by Crippen LogP contribution is -2.47. The first-order valence-corrected chi connectivity index (χ1v) is 31.1. The SMILES string of the molecule is CC/C=C/C=C/C=C\CCCCCCCC(=O)OC(/C=C\CCCCCCCCCCC)C(COP(=O)(O)OCC[N+](C)(C)C)NC(=O)CCCCCCCCC/C=C\C/C=C\C/C=C\C/C=C\CCCCC. The fourth-order valence-electron chi connectivity index (χ4n) is 7.98. The molecule has 0 aromatic rings. The number of unbranched alkanes of at least 4 members (excludes halogenated alkanes) is 24. The lowest BCUT2D eigenvalue weighted by atomic mass is 10.1. The van der Waals surface area contributed by atoms with E-state index in [4.69, 9.17) is 13.8 Å². The van der Waals surface area contributed by atoms with Crippen LogP contribution >= 0.6 is 7.82 Å². The zero-order valence-electron chi connectivity index (χ0n) is 47.8. The minimum atomic E-state index is -4.46. The minimum absolute atomic E-state index is 0.0295. The van der Waals surface area contributed by atoms with Gasteiger partial charge in [-0.25, -0.2) is 4.57 Å². The summed E-state index contributed by atoms with van der Waals surface area (Å²) in [7, 11) is 1.46.